The Balaban J connectivity index is 1.64. The summed E-state index contributed by atoms with van der Waals surface area (Å²) in [5, 5.41) is 7.43. The van der Waals surface area contributed by atoms with Gasteiger partial charge in [0, 0.05) is 6.07 Å². The number of benzene rings is 1. The zero-order valence-electron chi connectivity index (χ0n) is 13.0. The third-order valence-corrected chi connectivity index (χ3v) is 3.68. The second-order valence-electron chi connectivity index (χ2n) is 5.13. The van der Waals surface area contributed by atoms with Crippen LogP contribution in [0.1, 0.15) is 12.7 Å². The molecule has 1 N–H and O–H groups in total. The minimum atomic E-state index is -0.711. The van der Waals surface area contributed by atoms with Gasteiger partial charge in [-0.05, 0) is 31.2 Å². The fourth-order valence-corrected chi connectivity index (χ4v) is 2.31. The summed E-state index contributed by atoms with van der Waals surface area (Å²) in [4.78, 5) is 12.3. The number of carbonyl (C=O) groups is 1. The number of para-hydroxylation sites is 1. The van der Waals surface area contributed by atoms with Gasteiger partial charge in [-0.2, -0.15) is 5.10 Å². The number of hydrogen-bond donors (Lipinski definition) is 1. The molecule has 0 aliphatic rings. The highest BCUT2D eigenvalue weighted by Crippen LogP contribution is 2.24. The van der Waals surface area contributed by atoms with Crippen LogP contribution in [0.3, 0.4) is 0 Å². The molecule has 0 unspecified atom stereocenters. The van der Waals surface area contributed by atoms with Crippen LogP contribution >= 0.6 is 11.6 Å². The van der Waals surface area contributed by atoms with Crippen molar-refractivity contribution in [2.45, 2.75) is 19.6 Å². The van der Waals surface area contributed by atoms with Gasteiger partial charge in [0.2, 0.25) is 0 Å². The van der Waals surface area contributed by atoms with Gasteiger partial charge in [0.1, 0.15) is 23.9 Å². The number of nitrogens with one attached hydrogen (secondary N) is 1. The number of ether oxygens (including phenoxy) is 1. The van der Waals surface area contributed by atoms with Crippen molar-refractivity contribution in [2.24, 2.45) is 0 Å². The molecule has 7 heteroatoms. The van der Waals surface area contributed by atoms with Gasteiger partial charge >= 0.3 is 0 Å². The van der Waals surface area contributed by atoms with Crippen LogP contribution in [0.5, 0.6) is 5.75 Å². The molecular formula is C17H16ClN3O3. The predicted molar refractivity (Wildman–Crippen MR) is 90.2 cm³/mol. The van der Waals surface area contributed by atoms with Gasteiger partial charge in [0.25, 0.3) is 5.91 Å². The molecule has 0 spiro atoms. The molecule has 124 valence electrons. The maximum atomic E-state index is 12.3. The Hall–Kier alpha value is -2.73. The van der Waals surface area contributed by atoms with Crippen molar-refractivity contribution in [1.82, 2.24) is 9.78 Å². The molecule has 0 fully saturated rings. The SMILES string of the molecule is C[C@@H](Oc1ccccc1Cl)C(=O)Nc1ccnn1Cc1ccco1. The summed E-state index contributed by atoms with van der Waals surface area (Å²) in [6.45, 7) is 2.08. The lowest BCUT2D eigenvalue weighted by Gasteiger charge is -2.16. The first-order valence-corrected chi connectivity index (χ1v) is 7.77. The number of amides is 1. The standard InChI is InChI=1S/C17H16ClN3O3/c1-12(24-15-7-3-2-6-14(15)18)17(22)20-16-8-9-19-21(16)11-13-5-4-10-23-13/h2-10,12H,11H2,1H3,(H,20,22)/t12-/m1/s1. The van der Waals surface area contributed by atoms with E-state index in [2.05, 4.69) is 10.4 Å². The van der Waals surface area contributed by atoms with E-state index < -0.39 is 6.10 Å². The Morgan fingerprint density at radius 3 is 2.92 bits per heavy atom. The predicted octanol–water partition coefficient (Wildman–Crippen LogP) is 3.58. The highest BCUT2D eigenvalue weighted by molar-refractivity contribution is 6.32. The van der Waals surface area contributed by atoms with Crippen molar-refractivity contribution in [3.05, 3.63) is 65.7 Å². The van der Waals surface area contributed by atoms with E-state index in [9.17, 15) is 4.79 Å². The Kier molecular flexibility index (Phi) is 4.86. The zero-order chi connectivity index (χ0) is 16.9. The highest BCUT2D eigenvalue weighted by Gasteiger charge is 2.18. The van der Waals surface area contributed by atoms with Gasteiger partial charge in [0.05, 0.1) is 17.5 Å². The quantitative estimate of drug-likeness (QED) is 0.741. The van der Waals surface area contributed by atoms with Crippen LogP contribution in [0.15, 0.2) is 59.3 Å². The molecule has 24 heavy (non-hydrogen) atoms. The summed E-state index contributed by atoms with van der Waals surface area (Å²) in [6.07, 6.45) is 2.49. The highest BCUT2D eigenvalue weighted by atomic mass is 35.5. The lowest BCUT2D eigenvalue weighted by atomic mass is 10.3. The summed E-state index contributed by atoms with van der Waals surface area (Å²) in [5.74, 6) is 1.47. The maximum Gasteiger partial charge on any atom is 0.266 e. The molecule has 2 aromatic heterocycles. The van der Waals surface area contributed by atoms with Crippen molar-refractivity contribution in [2.75, 3.05) is 5.32 Å². The second kappa shape index (κ2) is 7.23. The number of hydrogen-bond acceptors (Lipinski definition) is 4. The summed E-state index contributed by atoms with van der Waals surface area (Å²) < 4.78 is 12.5. The van der Waals surface area contributed by atoms with Gasteiger partial charge in [-0.25, -0.2) is 4.68 Å². The van der Waals surface area contributed by atoms with E-state index in [4.69, 9.17) is 20.8 Å². The third-order valence-electron chi connectivity index (χ3n) is 3.36. The average molecular weight is 346 g/mol. The molecule has 0 aliphatic carbocycles. The van der Waals surface area contributed by atoms with Crippen LogP contribution in [0, 0.1) is 0 Å². The number of halogens is 1. The number of nitrogens with zero attached hydrogens (tertiary/aromatic N) is 2. The topological polar surface area (TPSA) is 69.3 Å². The third kappa shape index (κ3) is 3.78. The van der Waals surface area contributed by atoms with Crippen LogP contribution in [-0.4, -0.2) is 21.8 Å². The Labute approximate surface area is 144 Å². The van der Waals surface area contributed by atoms with E-state index in [1.54, 1.807) is 60.5 Å². The van der Waals surface area contributed by atoms with Gasteiger partial charge < -0.3 is 14.5 Å². The average Bonchev–Trinajstić information content (AvgIpc) is 3.22. The largest absolute Gasteiger partial charge is 0.479 e. The molecule has 0 radical (unpaired) electrons. The van der Waals surface area contributed by atoms with E-state index in [1.165, 1.54) is 0 Å². The molecule has 1 atom stereocenters. The van der Waals surface area contributed by atoms with E-state index in [-0.39, 0.29) is 5.91 Å². The van der Waals surface area contributed by atoms with Gasteiger partial charge in [-0.1, -0.05) is 23.7 Å². The fraction of sp³-hybridized carbons (Fsp3) is 0.176. The van der Waals surface area contributed by atoms with Crippen LogP contribution in [0.2, 0.25) is 5.02 Å². The number of rotatable bonds is 6. The molecule has 0 saturated carbocycles. The summed E-state index contributed by atoms with van der Waals surface area (Å²) in [7, 11) is 0. The van der Waals surface area contributed by atoms with Gasteiger partial charge in [-0.3, -0.25) is 4.79 Å². The smallest absolute Gasteiger partial charge is 0.266 e. The molecule has 0 bridgehead atoms. The second-order valence-corrected chi connectivity index (χ2v) is 5.54. The maximum absolute atomic E-state index is 12.3. The Morgan fingerprint density at radius 1 is 1.33 bits per heavy atom. The van der Waals surface area contributed by atoms with Crippen LogP contribution < -0.4 is 10.1 Å². The molecule has 2 heterocycles. The van der Waals surface area contributed by atoms with Gasteiger partial charge in [-0.15, -0.1) is 0 Å². The number of furan rings is 1. The van der Waals surface area contributed by atoms with Crippen molar-refractivity contribution in [3.8, 4) is 5.75 Å². The molecule has 1 amide bonds. The summed E-state index contributed by atoms with van der Waals surface area (Å²) in [5.41, 5.74) is 0. The summed E-state index contributed by atoms with van der Waals surface area (Å²) >= 11 is 6.04. The monoisotopic (exact) mass is 345 g/mol. The Morgan fingerprint density at radius 2 is 2.17 bits per heavy atom. The number of carbonyl (C=O) groups excluding carboxylic acids is 1. The lowest BCUT2D eigenvalue weighted by Crippen LogP contribution is -2.31. The number of aromatic nitrogens is 2. The van der Waals surface area contributed by atoms with E-state index >= 15 is 0 Å². The first-order chi connectivity index (χ1) is 11.6. The molecule has 0 saturated heterocycles. The van der Waals surface area contributed by atoms with Crippen LogP contribution in [-0.2, 0) is 11.3 Å². The first-order valence-electron chi connectivity index (χ1n) is 7.40. The molecule has 3 rings (SSSR count). The molecular weight excluding hydrogens is 330 g/mol. The van der Waals surface area contributed by atoms with Crippen LogP contribution in [0.4, 0.5) is 5.82 Å². The minimum absolute atomic E-state index is 0.295. The zero-order valence-corrected chi connectivity index (χ0v) is 13.7. The van der Waals surface area contributed by atoms with Crippen LogP contribution in [0.25, 0.3) is 0 Å². The van der Waals surface area contributed by atoms with Crippen molar-refractivity contribution >= 4 is 23.3 Å². The minimum Gasteiger partial charge on any atom is -0.479 e. The van der Waals surface area contributed by atoms with E-state index in [0.717, 1.165) is 5.76 Å². The van der Waals surface area contributed by atoms with Crippen molar-refractivity contribution in [3.63, 3.8) is 0 Å². The molecule has 6 nitrogen and oxygen atoms in total. The van der Waals surface area contributed by atoms with Crippen molar-refractivity contribution in [1.29, 1.82) is 0 Å². The Bertz CT molecular complexity index is 814. The van der Waals surface area contributed by atoms with Crippen molar-refractivity contribution < 1.29 is 13.9 Å². The lowest BCUT2D eigenvalue weighted by molar-refractivity contribution is -0.122. The van der Waals surface area contributed by atoms with Gasteiger partial charge in [0.15, 0.2) is 6.10 Å². The van der Waals surface area contributed by atoms with E-state index in [1.807, 2.05) is 6.07 Å². The molecule has 3 aromatic rings. The fourth-order valence-electron chi connectivity index (χ4n) is 2.13. The van der Waals surface area contributed by atoms with E-state index in [0.29, 0.717) is 23.1 Å². The molecule has 1 aromatic carbocycles. The first kappa shape index (κ1) is 16.1. The normalized spacial score (nSPS) is 11.9. The number of anilines is 1. The summed E-state index contributed by atoms with van der Waals surface area (Å²) in [6, 6.07) is 12.4. The molecule has 0 aliphatic heterocycles.